The van der Waals surface area contributed by atoms with Gasteiger partial charge in [0.15, 0.2) is 5.78 Å². The summed E-state index contributed by atoms with van der Waals surface area (Å²) in [5.74, 6) is 0.701. The Bertz CT molecular complexity index is 617. The van der Waals surface area contributed by atoms with Gasteiger partial charge in [0.2, 0.25) is 5.88 Å². The number of carbonyl (C=O) groups excluding carboxylic acids is 1. The Labute approximate surface area is 115 Å². The third kappa shape index (κ3) is 3.20. The number of methoxy groups -OCH3 is 1. The zero-order valence-electron chi connectivity index (χ0n) is 10.4. The number of ether oxygens (including phenoxy) is 2. The number of rotatable bonds is 4. The van der Waals surface area contributed by atoms with Crippen molar-refractivity contribution in [2.24, 2.45) is 0 Å². The van der Waals surface area contributed by atoms with E-state index in [9.17, 15) is 4.79 Å². The van der Waals surface area contributed by atoms with Crippen LogP contribution in [0.3, 0.4) is 0 Å². The summed E-state index contributed by atoms with van der Waals surface area (Å²) in [6.07, 6.45) is 1.51. The average Bonchev–Trinajstić information content (AvgIpc) is 2.41. The summed E-state index contributed by atoms with van der Waals surface area (Å²) >= 11 is 6.03. The van der Waals surface area contributed by atoms with E-state index in [1.165, 1.54) is 20.2 Å². The predicted octanol–water partition coefficient (Wildman–Crippen LogP) is 3.13. The van der Waals surface area contributed by atoms with Crippen LogP contribution >= 0.6 is 11.6 Å². The maximum Gasteiger partial charge on any atom is 0.325 e. The van der Waals surface area contributed by atoms with Gasteiger partial charge in [0.25, 0.3) is 0 Å². The summed E-state index contributed by atoms with van der Waals surface area (Å²) in [5.41, 5.74) is 0.518. The minimum atomic E-state index is -0.0638. The third-order valence-corrected chi connectivity index (χ3v) is 2.65. The fourth-order valence-corrected chi connectivity index (χ4v) is 1.61. The number of halogens is 1. The highest BCUT2D eigenvalue weighted by atomic mass is 35.5. The zero-order chi connectivity index (χ0) is 13.8. The topological polar surface area (TPSA) is 61.3 Å². The molecule has 19 heavy (non-hydrogen) atoms. The molecule has 0 bridgehead atoms. The van der Waals surface area contributed by atoms with Gasteiger partial charge in [-0.05, 0) is 25.1 Å². The first-order valence-electron chi connectivity index (χ1n) is 5.45. The molecule has 98 valence electrons. The van der Waals surface area contributed by atoms with Gasteiger partial charge in [-0.2, -0.15) is 4.98 Å². The van der Waals surface area contributed by atoms with E-state index in [0.29, 0.717) is 22.2 Å². The van der Waals surface area contributed by atoms with Crippen LogP contribution in [0.2, 0.25) is 5.02 Å². The maximum atomic E-state index is 11.2. The lowest BCUT2D eigenvalue weighted by Crippen LogP contribution is -1.96. The van der Waals surface area contributed by atoms with Crippen molar-refractivity contribution in [2.75, 3.05) is 7.11 Å². The Morgan fingerprint density at radius 3 is 2.74 bits per heavy atom. The normalized spacial score (nSPS) is 10.1. The third-order valence-electron chi connectivity index (χ3n) is 2.36. The van der Waals surface area contributed by atoms with E-state index in [2.05, 4.69) is 9.97 Å². The first-order chi connectivity index (χ1) is 9.10. The van der Waals surface area contributed by atoms with Crippen LogP contribution in [0.4, 0.5) is 0 Å². The number of hydrogen-bond donors (Lipinski definition) is 0. The molecule has 0 fully saturated rings. The van der Waals surface area contributed by atoms with E-state index in [4.69, 9.17) is 21.1 Å². The van der Waals surface area contributed by atoms with Crippen molar-refractivity contribution < 1.29 is 14.3 Å². The molecule has 1 aromatic carbocycles. The van der Waals surface area contributed by atoms with Gasteiger partial charge in [-0.3, -0.25) is 4.79 Å². The van der Waals surface area contributed by atoms with Gasteiger partial charge in [0, 0.05) is 17.8 Å². The molecule has 2 aromatic rings. The van der Waals surface area contributed by atoms with Crippen LogP contribution in [0.15, 0.2) is 30.5 Å². The summed E-state index contributed by atoms with van der Waals surface area (Å²) in [6.45, 7) is 1.47. The Morgan fingerprint density at radius 1 is 1.32 bits per heavy atom. The van der Waals surface area contributed by atoms with Crippen LogP contribution in [0, 0.1) is 0 Å². The van der Waals surface area contributed by atoms with Gasteiger partial charge in [0.05, 0.1) is 12.1 Å². The van der Waals surface area contributed by atoms with Crippen LogP contribution in [-0.2, 0) is 0 Å². The van der Waals surface area contributed by atoms with Crippen molar-refractivity contribution in [2.45, 2.75) is 6.92 Å². The number of nitrogens with zero attached hydrogens (tertiary/aromatic N) is 2. The predicted molar refractivity (Wildman–Crippen MR) is 70.1 cm³/mol. The first-order valence-corrected chi connectivity index (χ1v) is 5.83. The zero-order valence-corrected chi connectivity index (χ0v) is 11.1. The van der Waals surface area contributed by atoms with Crippen molar-refractivity contribution >= 4 is 17.4 Å². The molecule has 0 unspecified atom stereocenters. The van der Waals surface area contributed by atoms with Crippen molar-refractivity contribution in [1.82, 2.24) is 9.97 Å². The van der Waals surface area contributed by atoms with Crippen molar-refractivity contribution in [1.29, 1.82) is 0 Å². The van der Waals surface area contributed by atoms with Crippen LogP contribution in [0.5, 0.6) is 17.6 Å². The maximum absolute atomic E-state index is 11.2. The second kappa shape index (κ2) is 5.67. The van der Waals surface area contributed by atoms with Crippen LogP contribution in [0.1, 0.15) is 17.3 Å². The number of aromatic nitrogens is 2. The Morgan fingerprint density at radius 2 is 2.11 bits per heavy atom. The minimum Gasteiger partial charge on any atom is -0.481 e. The van der Waals surface area contributed by atoms with E-state index in [1.54, 1.807) is 24.3 Å². The highest BCUT2D eigenvalue weighted by Gasteiger charge is 2.09. The molecule has 0 aliphatic heterocycles. The van der Waals surface area contributed by atoms with Gasteiger partial charge in [-0.15, -0.1) is 0 Å². The Hall–Kier alpha value is -2.14. The standard InChI is InChI=1S/C13H11ClN2O3/c1-8(17)9-3-4-11(10(14)7-9)19-13-15-6-5-12(16-13)18-2/h3-7H,1-2H3. The van der Waals surface area contributed by atoms with Crippen molar-refractivity contribution in [3.05, 3.63) is 41.0 Å². The molecule has 0 amide bonds. The summed E-state index contributed by atoms with van der Waals surface area (Å²) in [6, 6.07) is 6.50. The van der Waals surface area contributed by atoms with E-state index < -0.39 is 0 Å². The van der Waals surface area contributed by atoms with Crippen molar-refractivity contribution in [3.8, 4) is 17.6 Å². The number of hydrogen-bond acceptors (Lipinski definition) is 5. The molecule has 0 aliphatic carbocycles. The van der Waals surface area contributed by atoms with Gasteiger partial charge in [0.1, 0.15) is 5.75 Å². The van der Waals surface area contributed by atoms with E-state index >= 15 is 0 Å². The van der Waals surface area contributed by atoms with Crippen LogP contribution in [-0.4, -0.2) is 22.9 Å². The number of ketones is 1. The van der Waals surface area contributed by atoms with E-state index in [-0.39, 0.29) is 11.8 Å². The molecule has 0 radical (unpaired) electrons. The Balaban J connectivity index is 2.25. The SMILES string of the molecule is COc1ccnc(Oc2ccc(C(C)=O)cc2Cl)n1. The van der Waals surface area contributed by atoms with E-state index in [0.717, 1.165) is 0 Å². The lowest BCUT2D eigenvalue weighted by atomic mass is 10.1. The lowest BCUT2D eigenvalue weighted by molar-refractivity contribution is 0.101. The second-order valence-electron chi connectivity index (χ2n) is 3.69. The first kappa shape index (κ1) is 13.3. The molecule has 0 aliphatic rings. The van der Waals surface area contributed by atoms with Gasteiger partial charge >= 0.3 is 6.01 Å². The molecule has 0 spiro atoms. The molecule has 2 rings (SSSR count). The highest BCUT2D eigenvalue weighted by Crippen LogP contribution is 2.29. The minimum absolute atomic E-state index is 0.0638. The quantitative estimate of drug-likeness (QED) is 0.804. The highest BCUT2D eigenvalue weighted by molar-refractivity contribution is 6.32. The lowest BCUT2D eigenvalue weighted by Gasteiger charge is -2.07. The molecule has 1 heterocycles. The van der Waals surface area contributed by atoms with Crippen LogP contribution in [0.25, 0.3) is 0 Å². The number of Topliss-reactive ketones (excluding diaryl/α,β-unsaturated/α-hetero) is 1. The summed E-state index contributed by atoms with van der Waals surface area (Å²) in [4.78, 5) is 19.2. The number of carbonyl (C=O) groups is 1. The molecule has 0 saturated heterocycles. The smallest absolute Gasteiger partial charge is 0.325 e. The summed E-state index contributed by atoms with van der Waals surface area (Å²) < 4.78 is 10.4. The van der Waals surface area contributed by atoms with Crippen LogP contribution < -0.4 is 9.47 Å². The van der Waals surface area contributed by atoms with E-state index in [1.807, 2.05) is 0 Å². The average molecular weight is 279 g/mol. The largest absolute Gasteiger partial charge is 0.481 e. The number of benzene rings is 1. The van der Waals surface area contributed by atoms with Gasteiger partial charge in [-0.1, -0.05) is 11.6 Å². The molecule has 5 nitrogen and oxygen atoms in total. The molecule has 0 N–H and O–H groups in total. The summed E-state index contributed by atoms with van der Waals surface area (Å²) in [7, 11) is 1.50. The fraction of sp³-hybridized carbons (Fsp3) is 0.154. The fourth-order valence-electron chi connectivity index (χ4n) is 1.39. The Kier molecular flexibility index (Phi) is 3.97. The monoisotopic (exact) mass is 278 g/mol. The molecular weight excluding hydrogens is 268 g/mol. The molecule has 0 atom stereocenters. The second-order valence-corrected chi connectivity index (χ2v) is 4.09. The van der Waals surface area contributed by atoms with Gasteiger partial charge < -0.3 is 9.47 Å². The molecule has 1 aromatic heterocycles. The van der Waals surface area contributed by atoms with Crippen molar-refractivity contribution in [3.63, 3.8) is 0 Å². The molecular formula is C13H11ClN2O3. The molecule has 0 saturated carbocycles. The van der Waals surface area contributed by atoms with Gasteiger partial charge in [-0.25, -0.2) is 4.98 Å². The molecule has 6 heteroatoms. The summed E-state index contributed by atoms with van der Waals surface area (Å²) in [5, 5.41) is 0.319.